The summed E-state index contributed by atoms with van der Waals surface area (Å²) in [6, 6.07) is 15.4. The number of nitrogens with one attached hydrogen (secondary N) is 1. The van der Waals surface area contributed by atoms with Crippen LogP contribution in [0.15, 0.2) is 54.6 Å². The second-order valence-corrected chi connectivity index (χ2v) is 5.63. The Kier molecular flexibility index (Phi) is 6.75. The molecule has 0 aromatic heterocycles. The second kappa shape index (κ2) is 9.03. The molecule has 2 rings (SSSR count). The molecule has 2 unspecified atom stereocenters. The van der Waals surface area contributed by atoms with E-state index in [0.29, 0.717) is 13.0 Å². The zero-order chi connectivity index (χ0) is 17.4. The van der Waals surface area contributed by atoms with E-state index in [-0.39, 0.29) is 23.9 Å². The van der Waals surface area contributed by atoms with Crippen molar-refractivity contribution in [2.45, 2.75) is 19.4 Å². The van der Waals surface area contributed by atoms with Gasteiger partial charge in [-0.25, -0.2) is 4.39 Å². The molecule has 0 bridgehead atoms. The van der Waals surface area contributed by atoms with Crippen LogP contribution in [-0.4, -0.2) is 24.2 Å². The number of carbonyl (C=O) groups is 1. The maximum atomic E-state index is 13.6. The number of aliphatic hydroxyl groups excluding tert-OH is 1. The van der Waals surface area contributed by atoms with Crippen LogP contribution in [-0.2, 0) is 4.79 Å². The van der Waals surface area contributed by atoms with E-state index in [1.807, 2.05) is 30.3 Å². The largest absolute Gasteiger partial charge is 0.494 e. The normalized spacial score (nSPS) is 13.1. The molecule has 0 aliphatic carbocycles. The Morgan fingerprint density at radius 3 is 2.54 bits per heavy atom. The number of hydrogen-bond acceptors (Lipinski definition) is 3. The molecule has 2 atom stereocenters. The highest BCUT2D eigenvalue weighted by Crippen LogP contribution is 2.16. The lowest BCUT2D eigenvalue weighted by Gasteiger charge is -2.16. The number of hydrogen-bond donors (Lipinski definition) is 2. The molecular formula is C19H22FNO3. The minimum absolute atomic E-state index is 0.0242. The summed E-state index contributed by atoms with van der Waals surface area (Å²) in [5.74, 6) is -0.174. The maximum absolute atomic E-state index is 13.6. The highest BCUT2D eigenvalue weighted by Gasteiger charge is 2.17. The van der Waals surface area contributed by atoms with Gasteiger partial charge in [0.2, 0.25) is 5.91 Å². The minimum Gasteiger partial charge on any atom is -0.494 e. The molecule has 1 amide bonds. The molecular weight excluding hydrogens is 309 g/mol. The van der Waals surface area contributed by atoms with Gasteiger partial charge in [0, 0.05) is 18.0 Å². The molecule has 0 aliphatic heterocycles. The van der Waals surface area contributed by atoms with Crippen molar-refractivity contribution in [2.24, 2.45) is 5.92 Å². The minimum atomic E-state index is -1.07. The molecule has 0 spiro atoms. The average Bonchev–Trinajstić information content (AvgIpc) is 2.60. The van der Waals surface area contributed by atoms with Gasteiger partial charge in [0.25, 0.3) is 0 Å². The van der Waals surface area contributed by atoms with Crippen molar-refractivity contribution >= 4 is 5.91 Å². The summed E-state index contributed by atoms with van der Waals surface area (Å²) in [5, 5.41) is 12.6. The predicted octanol–water partition coefficient (Wildman–Crippen LogP) is 3.08. The van der Waals surface area contributed by atoms with E-state index >= 15 is 0 Å². The quantitative estimate of drug-likeness (QED) is 0.781. The van der Waals surface area contributed by atoms with E-state index in [0.717, 1.165) is 5.75 Å². The van der Waals surface area contributed by atoms with Crippen LogP contribution in [0.3, 0.4) is 0 Å². The van der Waals surface area contributed by atoms with Crippen molar-refractivity contribution in [1.29, 1.82) is 0 Å². The molecule has 24 heavy (non-hydrogen) atoms. The highest BCUT2D eigenvalue weighted by molar-refractivity contribution is 5.78. The Hall–Kier alpha value is -2.40. The van der Waals surface area contributed by atoms with Crippen LogP contribution in [0.2, 0.25) is 0 Å². The molecule has 4 nitrogen and oxygen atoms in total. The number of halogens is 1. The third-order valence-corrected chi connectivity index (χ3v) is 3.74. The number of rotatable bonds is 8. The standard InChI is InChI=1S/C19H22FNO3/c1-14(11-12-24-15-7-3-2-4-8-15)19(23)21-13-18(22)16-9-5-6-10-17(16)20/h2-10,14,18,22H,11-13H2,1H3,(H,21,23). The molecule has 5 heteroatoms. The van der Waals surface area contributed by atoms with Crippen molar-refractivity contribution in [2.75, 3.05) is 13.2 Å². The van der Waals surface area contributed by atoms with Gasteiger partial charge in [-0.15, -0.1) is 0 Å². The number of carbonyl (C=O) groups excluding carboxylic acids is 1. The number of ether oxygens (including phenoxy) is 1. The summed E-state index contributed by atoms with van der Waals surface area (Å²) in [6.07, 6.45) is -0.515. The zero-order valence-electron chi connectivity index (χ0n) is 13.6. The zero-order valence-corrected chi connectivity index (χ0v) is 13.6. The Labute approximate surface area is 141 Å². The molecule has 0 heterocycles. The molecule has 2 N–H and O–H groups in total. The first-order chi connectivity index (χ1) is 11.6. The maximum Gasteiger partial charge on any atom is 0.223 e. The van der Waals surface area contributed by atoms with Crippen LogP contribution >= 0.6 is 0 Å². The third kappa shape index (κ3) is 5.35. The van der Waals surface area contributed by atoms with Crippen LogP contribution in [0.1, 0.15) is 25.0 Å². The van der Waals surface area contributed by atoms with Gasteiger partial charge in [0.1, 0.15) is 11.6 Å². The second-order valence-electron chi connectivity index (χ2n) is 5.63. The topological polar surface area (TPSA) is 58.6 Å². The van der Waals surface area contributed by atoms with Crippen molar-refractivity contribution in [1.82, 2.24) is 5.32 Å². The van der Waals surface area contributed by atoms with Crippen molar-refractivity contribution < 1.29 is 19.0 Å². The first kappa shape index (κ1) is 17.9. The van der Waals surface area contributed by atoms with Gasteiger partial charge in [-0.2, -0.15) is 0 Å². The van der Waals surface area contributed by atoms with Crippen molar-refractivity contribution in [3.8, 4) is 5.75 Å². The first-order valence-electron chi connectivity index (χ1n) is 7.96. The Balaban J connectivity index is 1.72. The molecule has 0 saturated heterocycles. The van der Waals surface area contributed by atoms with E-state index in [1.165, 1.54) is 12.1 Å². The molecule has 128 valence electrons. The summed E-state index contributed by atoms with van der Waals surface area (Å²) in [6.45, 7) is 2.19. The number of para-hydroxylation sites is 1. The van der Waals surface area contributed by atoms with Crippen LogP contribution in [0.4, 0.5) is 4.39 Å². The lowest BCUT2D eigenvalue weighted by atomic mass is 10.1. The Morgan fingerprint density at radius 2 is 1.83 bits per heavy atom. The van der Waals surface area contributed by atoms with Crippen LogP contribution in [0, 0.1) is 11.7 Å². The summed E-state index contributed by atoms with van der Waals surface area (Å²) in [5.41, 5.74) is 0.179. The average molecular weight is 331 g/mol. The molecule has 2 aromatic rings. The van der Waals surface area contributed by atoms with Gasteiger partial charge >= 0.3 is 0 Å². The van der Waals surface area contributed by atoms with E-state index in [4.69, 9.17) is 4.74 Å². The molecule has 0 fully saturated rings. The first-order valence-corrected chi connectivity index (χ1v) is 7.96. The predicted molar refractivity (Wildman–Crippen MR) is 90.1 cm³/mol. The van der Waals surface area contributed by atoms with Gasteiger partial charge in [0.15, 0.2) is 0 Å². The summed E-state index contributed by atoms with van der Waals surface area (Å²) < 4.78 is 19.1. The van der Waals surface area contributed by atoms with Gasteiger partial charge < -0.3 is 15.2 Å². The summed E-state index contributed by atoms with van der Waals surface area (Å²) >= 11 is 0. The molecule has 0 radical (unpaired) electrons. The van der Waals surface area contributed by atoms with E-state index in [9.17, 15) is 14.3 Å². The van der Waals surface area contributed by atoms with Crippen molar-refractivity contribution in [3.05, 3.63) is 66.0 Å². The van der Waals surface area contributed by atoms with E-state index in [1.54, 1.807) is 19.1 Å². The SMILES string of the molecule is CC(CCOc1ccccc1)C(=O)NCC(O)c1ccccc1F. The van der Waals surface area contributed by atoms with Gasteiger partial charge in [-0.3, -0.25) is 4.79 Å². The number of aliphatic hydroxyl groups is 1. The number of amides is 1. The lowest BCUT2D eigenvalue weighted by molar-refractivity contribution is -0.125. The van der Waals surface area contributed by atoms with Crippen molar-refractivity contribution in [3.63, 3.8) is 0 Å². The summed E-state index contributed by atoms with van der Waals surface area (Å²) in [4.78, 5) is 12.0. The highest BCUT2D eigenvalue weighted by atomic mass is 19.1. The van der Waals surface area contributed by atoms with E-state index < -0.39 is 11.9 Å². The lowest BCUT2D eigenvalue weighted by Crippen LogP contribution is -2.33. The van der Waals surface area contributed by atoms with Gasteiger partial charge in [0.05, 0.1) is 12.7 Å². The fraction of sp³-hybridized carbons (Fsp3) is 0.316. The van der Waals surface area contributed by atoms with Gasteiger partial charge in [-0.1, -0.05) is 43.3 Å². The van der Waals surface area contributed by atoms with E-state index in [2.05, 4.69) is 5.32 Å². The van der Waals surface area contributed by atoms with Gasteiger partial charge in [-0.05, 0) is 24.6 Å². The monoisotopic (exact) mass is 331 g/mol. The summed E-state index contributed by atoms with van der Waals surface area (Å²) in [7, 11) is 0. The smallest absolute Gasteiger partial charge is 0.223 e. The number of benzene rings is 2. The Bertz CT molecular complexity index is 648. The molecule has 0 aliphatic rings. The molecule has 2 aromatic carbocycles. The fourth-order valence-corrected chi connectivity index (χ4v) is 2.23. The third-order valence-electron chi connectivity index (χ3n) is 3.74. The Morgan fingerprint density at radius 1 is 1.17 bits per heavy atom. The van der Waals surface area contributed by atoms with Crippen LogP contribution in [0.25, 0.3) is 0 Å². The van der Waals surface area contributed by atoms with Crippen LogP contribution < -0.4 is 10.1 Å². The van der Waals surface area contributed by atoms with Crippen LogP contribution in [0.5, 0.6) is 5.75 Å². The fourth-order valence-electron chi connectivity index (χ4n) is 2.23. The molecule has 0 saturated carbocycles.